The van der Waals surface area contributed by atoms with Gasteiger partial charge in [-0.25, -0.2) is 4.79 Å². The van der Waals surface area contributed by atoms with E-state index in [1.807, 2.05) is 48.5 Å². The molecule has 0 aliphatic heterocycles. The zero-order chi connectivity index (χ0) is 22.9. The number of carboxylic acid groups (broad SMARTS) is 1. The fourth-order valence-corrected chi connectivity index (χ4v) is 4.46. The number of carbonyl (C=O) groups is 3. The number of hydrogen-bond acceptors (Lipinski definition) is 4. The average molecular weight is 437 g/mol. The van der Waals surface area contributed by atoms with Gasteiger partial charge < -0.3 is 20.5 Å². The highest BCUT2D eigenvalue weighted by molar-refractivity contribution is 5.89. The molecule has 2 aromatic rings. The summed E-state index contributed by atoms with van der Waals surface area (Å²) in [7, 11) is 0. The lowest BCUT2D eigenvalue weighted by atomic mass is 9.98. The number of carboxylic acids is 1. The molecule has 168 valence electrons. The third-order valence-corrected chi connectivity index (χ3v) is 6.81. The summed E-state index contributed by atoms with van der Waals surface area (Å²) in [6.07, 6.45) is 0.453. The zero-order valence-corrected chi connectivity index (χ0v) is 18.3. The van der Waals surface area contributed by atoms with Gasteiger partial charge in [-0.15, -0.1) is 0 Å². The third-order valence-electron chi connectivity index (χ3n) is 6.81. The van der Waals surface area contributed by atoms with Gasteiger partial charge >= 0.3 is 12.1 Å². The lowest BCUT2D eigenvalue weighted by Gasteiger charge is -2.19. The minimum Gasteiger partial charge on any atom is -0.481 e. The van der Waals surface area contributed by atoms with E-state index in [4.69, 9.17) is 4.74 Å². The number of alkyl carbamates (subject to hydrolysis) is 1. The van der Waals surface area contributed by atoms with Crippen LogP contribution in [0.25, 0.3) is 11.1 Å². The van der Waals surface area contributed by atoms with Gasteiger partial charge in [0.15, 0.2) is 0 Å². The van der Waals surface area contributed by atoms with Crippen molar-refractivity contribution in [3.05, 3.63) is 59.7 Å². The molecule has 1 fully saturated rings. The van der Waals surface area contributed by atoms with Crippen molar-refractivity contribution < 1.29 is 24.2 Å². The first kappa shape index (κ1) is 21.9. The molecule has 0 spiro atoms. The molecule has 32 heavy (non-hydrogen) atoms. The van der Waals surface area contributed by atoms with Gasteiger partial charge in [-0.05, 0) is 40.5 Å². The summed E-state index contributed by atoms with van der Waals surface area (Å²) < 4.78 is 5.46. The van der Waals surface area contributed by atoms with Crippen LogP contribution in [-0.4, -0.2) is 41.8 Å². The Labute approximate surface area is 187 Å². The standard InChI is InChI=1S/C25H28N2O5/c1-3-25(2)13-21(25)27-23(30)20(12-22(28)29)26-24(31)32-14-19-17-10-6-4-8-15(17)16-9-5-7-11-18(16)19/h4-11,19-21H,3,12-14H2,1-2H3,(H,26,31)(H,27,30)(H,28,29). The van der Waals surface area contributed by atoms with Gasteiger partial charge in [-0.2, -0.15) is 0 Å². The molecule has 2 aromatic carbocycles. The summed E-state index contributed by atoms with van der Waals surface area (Å²) in [4.78, 5) is 36.4. The summed E-state index contributed by atoms with van der Waals surface area (Å²) in [5.74, 6) is -1.78. The molecule has 1 saturated carbocycles. The van der Waals surface area contributed by atoms with Crippen LogP contribution in [0.3, 0.4) is 0 Å². The molecule has 3 unspecified atom stereocenters. The van der Waals surface area contributed by atoms with E-state index in [1.54, 1.807) is 0 Å². The van der Waals surface area contributed by atoms with E-state index in [-0.39, 0.29) is 24.0 Å². The quantitative estimate of drug-likeness (QED) is 0.586. The Bertz CT molecular complexity index is 1010. The Balaban J connectivity index is 1.40. The van der Waals surface area contributed by atoms with Crippen LogP contribution in [0.15, 0.2) is 48.5 Å². The summed E-state index contributed by atoms with van der Waals surface area (Å²) in [6, 6.07) is 14.8. The van der Waals surface area contributed by atoms with Gasteiger partial charge in [-0.3, -0.25) is 9.59 Å². The summed E-state index contributed by atoms with van der Waals surface area (Å²) in [5.41, 5.74) is 4.42. The van der Waals surface area contributed by atoms with Crippen LogP contribution in [0.1, 0.15) is 50.2 Å². The number of amides is 2. The molecule has 4 rings (SSSR count). The molecule has 0 heterocycles. The van der Waals surface area contributed by atoms with Crippen molar-refractivity contribution in [2.75, 3.05) is 6.61 Å². The molecule has 3 atom stereocenters. The minimum atomic E-state index is -1.19. The van der Waals surface area contributed by atoms with Crippen LogP contribution in [-0.2, 0) is 14.3 Å². The van der Waals surface area contributed by atoms with E-state index in [2.05, 4.69) is 24.5 Å². The van der Waals surface area contributed by atoms with E-state index in [1.165, 1.54) is 0 Å². The van der Waals surface area contributed by atoms with Crippen molar-refractivity contribution in [3.8, 4) is 11.1 Å². The molecular weight excluding hydrogens is 408 g/mol. The monoisotopic (exact) mass is 436 g/mol. The third kappa shape index (κ3) is 4.33. The molecule has 2 aliphatic rings. The molecule has 0 aromatic heterocycles. The second-order valence-corrected chi connectivity index (χ2v) is 8.89. The predicted molar refractivity (Wildman–Crippen MR) is 119 cm³/mol. The molecule has 7 heteroatoms. The van der Waals surface area contributed by atoms with E-state index in [0.717, 1.165) is 35.1 Å². The maximum Gasteiger partial charge on any atom is 0.407 e. The van der Waals surface area contributed by atoms with Crippen molar-refractivity contribution in [2.45, 2.75) is 51.1 Å². The van der Waals surface area contributed by atoms with Gasteiger partial charge in [0, 0.05) is 12.0 Å². The second-order valence-electron chi connectivity index (χ2n) is 8.89. The minimum absolute atomic E-state index is 0.000562. The number of rotatable bonds is 8. The van der Waals surface area contributed by atoms with Gasteiger partial charge in [0.1, 0.15) is 12.6 Å². The lowest BCUT2D eigenvalue weighted by Crippen LogP contribution is -2.49. The average Bonchev–Trinajstić information content (AvgIpc) is 3.31. The highest BCUT2D eigenvalue weighted by Crippen LogP contribution is 2.48. The smallest absolute Gasteiger partial charge is 0.407 e. The number of aliphatic carboxylic acids is 1. The maximum atomic E-state index is 12.6. The number of carbonyl (C=O) groups excluding carboxylic acids is 2. The van der Waals surface area contributed by atoms with Crippen molar-refractivity contribution >= 4 is 18.0 Å². The van der Waals surface area contributed by atoms with Gasteiger partial charge in [0.25, 0.3) is 0 Å². The number of hydrogen-bond donors (Lipinski definition) is 3. The van der Waals surface area contributed by atoms with Gasteiger partial charge in [-0.1, -0.05) is 62.4 Å². The Morgan fingerprint density at radius 1 is 1.09 bits per heavy atom. The normalized spacial score (nSPS) is 21.8. The molecule has 0 radical (unpaired) electrons. The molecular formula is C25H28N2O5. The molecule has 0 saturated heterocycles. The van der Waals surface area contributed by atoms with E-state index in [0.29, 0.717) is 0 Å². The summed E-state index contributed by atoms with van der Waals surface area (Å²) in [5, 5.41) is 14.5. The molecule has 3 N–H and O–H groups in total. The Kier molecular flexibility index (Phi) is 5.91. The van der Waals surface area contributed by atoms with Gasteiger partial charge in [0.2, 0.25) is 5.91 Å². The Morgan fingerprint density at radius 2 is 1.69 bits per heavy atom. The van der Waals surface area contributed by atoms with Crippen LogP contribution in [0.4, 0.5) is 4.79 Å². The molecule has 7 nitrogen and oxygen atoms in total. The number of ether oxygens (including phenoxy) is 1. The van der Waals surface area contributed by atoms with Crippen LogP contribution < -0.4 is 10.6 Å². The van der Waals surface area contributed by atoms with Crippen molar-refractivity contribution in [1.82, 2.24) is 10.6 Å². The number of nitrogens with one attached hydrogen (secondary N) is 2. The van der Waals surface area contributed by atoms with Crippen LogP contribution in [0.2, 0.25) is 0 Å². The predicted octanol–water partition coefficient (Wildman–Crippen LogP) is 3.67. The first-order valence-electron chi connectivity index (χ1n) is 11.0. The highest BCUT2D eigenvalue weighted by Gasteiger charge is 2.49. The fourth-order valence-electron chi connectivity index (χ4n) is 4.46. The number of fused-ring (bicyclic) bond motifs is 3. The van der Waals surface area contributed by atoms with E-state index in [9.17, 15) is 19.5 Å². The van der Waals surface area contributed by atoms with Crippen LogP contribution in [0, 0.1) is 5.41 Å². The first-order chi connectivity index (χ1) is 15.3. The summed E-state index contributed by atoms with van der Waals surface area (Å²) >= 11 is 0. The van der Waals surface area contributed by atoms with Crippen molar-refractivity contribution in [3.63, 3.8) is 0 Å². The second kappa shape index (κ2) is 8.65. The molecule has 0 bridgehead atoms. The van der Waals surface area contributed by atoms with E-state index < -0.39 is 30.4 Å². The zero-order valence-electron chi connectivity index (χ0n) is 18.3. The Morgan fingerprint density at radius 3 is 2.22 bits per heavy atom. The molecule has 2 aliphatic carbocycles. The highest BCUT2D eigenvalue weighted by atomic mass is 16.5. The van der Waals surface area contributed by atoms with Crippen molar-refractivity contribution in [2.24, 2.45) is 5.41 Å². The first-order valence-corrected chi connectivity index (χ1v) is 11.0. The fraction of sp³-hybridized carbons (Fsp3) is 0.400. The maximum absolute atomic E-state index is 12.6. The summed E-state index contributed by atoms with van der Waals surface area (Å²) in [6.45, 7) is 4.22. The van der Waals surface area contributed by atoms with E-state index >= 15 is 0 Å². The lowest BCUT2D eigenvalue weighted by molar-refractivity contribution is -0.139. The van der Waals surface area contributed by atoms with Crippen LogP contribution >= 0.6 is 0 Å². The SMILES string of the molecule is CCC1(C)CC1NC(=O)C(CC(=O)O)NC(=O)OCC1c2ccccc2-c2ccccc21. The largest absolute Gasteiger partial charge is 0.481 e. The molecule has 2 amide bonds. The van der Waals surface area contributed by atoms with Crippen LogP contribution in [0.5, 0.6) is 0 Å². The van der Waals surface area contributed by atoms with Gasteiger partial charge in [0.05, 0.1) is 6.42 Å². The van der Waals surface area contributed by atoms with Crippen molar-refractivity contribution in [1.29, 1.82) is 0 Å². The topological polar surface area (TPSA) is 105 Å². The Hall–Kier alpha value is -3.35. The number of benzene rings is 2.